The van der Waals surface area contributed by atoms with Crippen LogP contribution in [0.5, 0.6) is 5.75 Å². The standard InChI is InChI=1S/C14H12Cl2FNO2/c1-14(19,8-3-9(20-2)7-18-6-8)10-4-13(17)12(16)5-11(10)15/h3-7,19H,1-2H3. The topological polar surface area (TPSA) is 42.4 Å². The first-order valence-electron chi connectivity index (χ1n) is 5.73. The smallest absolute Gasteiger partial charge is 0.142 e. The van der Waals surface area contributed by atoms with Crippen molar-refractivity contribution in [2.24, 2.45) is 0 Å². The van der Waals surface area contributed by atoms with Gasteiger partial charge in [-0.3, -0.25) is 4.98 Å². The molecule has 6 heteroatoms. The average molecular weight is 316 g/mol. The summed E-state index contributed by atoms with van der Waals surface area (Å²) in [6.45, 7) is 1.50. The first-order valence-corrected chi connectivity index (χ1v) is 6.48. The summed E-state index contributed by atoms with van der Waals surface area (Å²) in [4.78, 5) is 3.97. The number of benzene rings is 1. The third-order valence-electron chi connectivity index (χ3n) is 3.05. The molecular weight excluding hydrogens is 304 g/mol. The summed E-state index contributed by atoms with van der Waals surface area (Å²) in [6, 6.07) is 3.98. The van der Waals surface area contributed by atoms with Gasteiger partial charge in [0.2, 0.25) is 0 Å². The van der Waals surface area contributed by atoms with Crippen molar-refractivity contribution in [3.8, 4) is 5.75 Å². The molecule has 1 unspecified atom stereocenters. The minimum atomic E-state index is -1.52. The van der Waals surface area contributed by atoms with E-state index in [1.165, 1.54) is 32.5 Å². The van der Waals surface area contributed by atoms with Gasteiger partial charge in [-0.05, 0) is 25.1 Å². The molecule has 1 heterocycles. The van der Waals surface area contributed by atoms with Crippen LogP contribution in [0.25, 0.3) is 0 Å². The van der Waals surface area contributed by atoms with E-state index in [9.17, 15) is 9.50 Å². The van der Waals surface area contributed by atoms with Gasteiger partial charge in [0.15, 0.2) is 0 Å². The number of pyridine rings is 1. The molecule has 2 aromatic rings. The number of ether oxygens (including phenoxy) is 1. The Bertz CT molecular complexity index is 647. The summed E-state index contributed by atoms with van der Waals surface area (Å²) in [5, 5.41) is 10.8. The maximum Gasteiger partial charge on any atom is 0.142 e. The fourth-order valence-electron chi connectivity index (χ4n) is 1.85. The predicted molar refractivity (Wildman–Crippen MR) is 75.9 cm³/mol. The molecule has 1 aromatic heterocycles. The molecule has 0 amide bonds. The molecule has 0 aliphatic carbocycles. The van der Waals surface area contributed by atoms with Gasteiger partial charge in [0.1, 0.15) is 17.2 Å². The van der Waals surface area contributed by atoms with Gasteiger partial charge in [0, 0.05) is 22.3 Å². The number of aliphatic hydroxyl groups is 1. The molecule has 0 radical (unpaired) electrons. The average Bonchev–Trinajstić information content (AvgIpc) is 2.42. The molecule has 106 valence electrons. The van der Waals surface area contributed by atoms with Crippen molar-refractivity contribution in [3.63, 3.8) is 0 Å². The highest BCUT2D eigenvalue weighted by Gasteiger charge is 2.30. The third-order valence-corrected chi connectivity index (χ3v) is 3.65. The second-order valence-electron chi connectivity index (χ2n) is 4.43. The monoisotopic (exact) mass is 315 g/mol. The van der Waals surface area contributed by atoms with Crippen LogP contribution in [0, 0.1) is 5.82 Å². The van der Waals surface area contributed by atoms with Crippen molar-refractivity contribution in [2.45, 2.75) is 12.5 Å². The Kier molecular flexibility index (Phi) is 4.18. The summed E-state index contributed by atoms with van der Waals surface area (Å²) >= 11 is 11.7. The summed E-state index contributed by atoms with van der Waals surface area (Å²) < 4.78 is 18.7. The Labute approximate surface area is 125 Å². The van der Waals surface area contributed by atoms with Crippen molar-refractivity contribution in [3.05, 3.63) is 57.6 Å². The highest BCUT2D eigenvalue weighted by molar-refractivity contribution is 6.35. The van der Waals surface area contributed by atoms with Crippen molar-refractivity contribution in [2.75, 3.05) is 7.11 Å². The Balaban J connectivity index is 2.56. The molecule has 0 spiro atoms. The van der Waals surface area contributed by atoms with Gasteiger partial charge in [-0.25, -0.2) is 4.39 Å². The normalized spacial score (nSPS) is 13.9. The van der Waals surface area contributed by atoms with E-state index in [2.05, 4.69) is 4.98 Å². The highest BCUT2D eigenvalue weighted by atomic mass is 35.5. The van der Waals surface area contributed by atoms with Crippen LogP contribution in [0.3, 0.4) is 0 Å². The number of aromatic nitrogens is 1. The number of halogens is 3. The molecule has 0 saturated carbocycles. The summed E-state index contributed by atoms with van der Waals surface area (Å²) in [7, 11) is 1.49. The third kappa shape index (κ3) is 2.73. The molecule has 1 aromatic carbocycles. The van der Waals surface area contributed by atoms with E-state index in [0.29, 0.717) is 11.3 Å². The second-order valence-corrected chi connectivity index (χ2v) is 5.25. The zero-order valence-corrected chi connectivity index (χ0v) is 12.3. The molecule has 3 nitrogen and oxygen atoms in total. The maximum absolute atomic E-state index is 13.6. The molecule has 20 heavy (non-hydrogen) atoms. The summed E-state index contributed by atoms with van der Waals surface area (Å²) in [5.74, 6) is -0.171. The van der Waals surface area contributed by atoms with Gasteiger partial charge in [-0.2, -0.15) is 0 Å². The minimum absolute atomic E-state index is 0.0988. The van der Waals surface area contributed by atoms with Crippen molar-refractivity contribution >= 4 is 23.2 Å². The van der Waals surface area contributed by atoms with Crippen LogP contribution >= 0.6 is 23.2 Å². The SMILES string of the molecule is COc1cncc(C(C)(O)c2cc(F)c(Cl)cc2Cl)c1. The second kappa shape index (κ2) is 5.56. The van der Waals surface area contributed by atoms with Gasteiger partial charge < -0.3 is 9.84 Å². The van der Waals surface area contributed by atoms with Crippen LogP contribution in [0.1, 0.15) is 18.1 Å². The van der Waals surface area contributed by atoms with Crippen LogP contribution in [0.15, 0.2) is 30.6 Å². The molecule has 0 aliphatic heterocycles. The lowest BCUT2D eigenvalue weighted by atomic mass is 9.89. The summed E-state index contributed by atoms with van der Waals surface area (Å²) in [5.41, 5.74) is -0.888. The molecule has 0 aliphatic rings. The molecule has 0 fully saturated rings. The number of nitrogens with zero attached hydrogens (tertiary/aromatic N) is 1. The van der Waals surface area contributed by atoms with Gasteiger partial charge >= 0.3 is 0 Å². The van der Waals surface area contributed by atoms with Gasteiger partial charge in [0.25, 0.3) is 0 Å². The Morgan fingerprint density at radius 2 is 1.90 bits per heavy atom. The largest absolute Gasteiger partial charge is 0.495 e. The molecular formula is C14H12Cl2FNO2. The Hall–Kier alpha value is -1.36. The van der Waals surface area contributed by atoms with E-state index >= 15 is 0 Å². The van der Waals surface area contributed by atoms with Crippen LogP contribution in [-0.2, 0) is 5.60 Å². The number of rotatable bonds is 3. The van der Waals surface area contributed by atoms with Crippen molar-refractivity contribution < 1.29 is 14.2 Å². The Morgan fingerprint density at radius 3 is 2.55 bits per heavy atom. The lowest BCUT2D eigenvalue weighted by molar-refractivity contribution is 0.101. The Morgan fingerprint density at radius 1 is 1.20 bits per heavy atom. The van der Waals surface area contributed by atoms with E-state index in [-0.39, 0.29) is 15.6 Å². The molecule has 0 bridgehead atoms. The van der Waals surface area contributed by atoms with E-state index in [1.807, 2.05) is 0 Å². The van der Waals surface area contributed by atoms with Crippen LogP contribution < -0.4 is 4.74 Å². The van der Waals surface area contributed by atoms with Crippen LogP contribution in [0.2, 0.25) is 10.0 Å². The van der Waals surface area contributed by atoms with E-state index in [4.69, 9.17) is 27.9 Å². The highest BCUT2D eigenvalue weighted by Crippen LogP contribution is 2.37. The van der Waals surface area contributed by atoms with Crippen molar-refractivity contribution in [1.29, 1.82) is 0 Å². The lowest BCUT2D eigenvalue weighted by Crippen LogP contribution is -2.24. The van der Waals surface area contributed by atoms with E-state index in [0.717, 1.165) is 6.07 Å². The van der Waals surface area contributed by atoms with Gasteiger partial charge in [-0.1, -0.05) is 23.2 Å². The number of methoxy groups -OCH3 is 1. The summed E-state index contributed by atoms with van der Waals surface area (Å²) in [6.07, 6.45) is 2.97. The van der Waals surface area contributed by atoms with E-state index in [1.54, 1.807) is 6.07 Å². The zero-order valence-electron chi connectivity index (χ0n) is 10.8. The van der Waals surface area contributed by atoms with Crippen LogP contribution in [-0.4, -0.2) is 17.2 Å². The van der Waals surface area contributed by atoms with Gasteiger partial charge in [0.05, 0.1) is 18.3 Å². The first kappa shape index (κ1) is 15.0. The van der Waals surface area contributed by atoms with Gasteiger partial charge in [-0.15, -0.1) is 0 Å². The molecule has 1 atom stereocenters. The van der Waals surface area contributed by atoms with E-state index < -0.39 is 11.4 Å². The molecule has 1 N–H and O–H groups in total. The zero-order chi connectivity index (χ0) is 14.9. The fraction of sp³-hybridized carbons (Fsp3) is 0.214. The van der Waals surface area contributed by atoms with Crippen molar-refractivity contribution in [1.82, 2.24) is 4.98 Å². The van der Waals surface area contributed by atoms with Crippen LogP contribution in [0.4, 0.5) is 4.39 Å². The quantitative estimate of drug-likeness (QED) is 0.876. The fourth-order valence-corrected chi connectivity index (χ4v) is 2.41. The minimum Gasteiger partial charge on any atom is -0.495 e. The number of hydrogen-bond donors (Lipinski definition) is 1. The maximum atomic E-state index is 13.6. The molecule has 0 saturated heterocycles. The first-order chi connectivity index (χ1) is 9.36. The lowest BCUT2D eigenvalue weighted by Gasteiger charge is -2.25. The predicted octanol–water partition coefficient (Wildman–Crippen LogP) is 3.79. The number of hydrogen-bond acceptors (Lipinski definition) is 3. The molecule has 2 rings (SSSR count).